The lowest BCUT2D eigenvalue weighted by atomic mass is 10.0. The third kappa shape index (κ3) is 4.40. The normalized spacial score (nSPS) is 16.1. The minimum absolute atomic E-state index is 0.122. The number of hydrogen-bond donors (Lipinski definition) is 1. The number of aliphatic hydroxyl groups excluding tert-OH is 1. The smallest absolute Gasteiger partial charge is 0.268 e. The second-order valence-corrected chi connectivity index (χ2v) is 7.37. The number of aliphatic hydroxyl groups is 1. The number of benzene rings is 2. The Labute approximate surface area is 165 Å². The van der Waals surface area contributed by atoms with Crippen LogP contribution in [0, 0.1) is 6.92 Å². The van der Waals surface area contributed by atoms with Crippen LogP contribution in [0.1, 0.15) is 27.9 Å². The van der Waals surface area contributed by atoms with E-state index in [1.807, 2.05) is 50.2 Å². The van der Waals surface area contributed by atoms with E-state index in [9.17, 15) is 9.59 Å². The largest absolute Gasteiger partial charge is 0.478 e. The molecule has 1 aliphatic rings. The van der Waals surface area contributed by atoms with Crippen LogP contribution in [0.5, 0.6) is 5.75 Å². The summed E-state index contributed by atoms with van der Waals surface area (Å²) in [5, 5.41) is 9.17. The van der Waals surface area contributed by atoms with Gasteiger partial charge in [0.1, 0.15) is 12.4 Å². The Morgan fingerprint density at radius 3 is 2.54 bits per heavy atom. The van der Waals surface area contributed by atoms with Gasteiger partial charge in [-0.15, -0.1) is 0 Å². The Bertz CT molecular complexity index is 861. The van der Waals surface area contributed by atoms with Gasteiger partial charge >= 0.3 is 0 Å². The van der Waals surface area contributed by atoms with E-state index in [-0.39, 0.29) is 11.7 Å². The van der Waals surface area contributed by atoms with Crippen LogP contribution in [0.2, 0.25) is 0 Å². The lowest BCUT2D eigenvalue weighted by molar-refractivity contribution is -0.126. The minimum Gasteiger partial charge on any atom is -0.478 e. The topological polar surface area (TPSA) is 70.1 Å². The molecule has 6 heteroatoms. The van der Waals surface area contributed by atoms with Crippen molar-refractivity contribution in [3.05, 3.63) is 59.2 Å². The van der Waals surface area contributed by atoms with Gasteiger partial charge in [-0.25, -0.2) is 0 Å². The van der Waals surface area contributed by atoms with Crippen LogP contribution in [0.25, 0.3) is 0 Å². The molecule has 28 heavy (non-hydrogen) atoms. The lowest BCUT2D eigenvalue weighted by Gasteiger charge is -2.35. The van der Waals surface area contributed by atoms with Crippen molar-refractivity contribution in [1.82, 2.24) is 4.90 Å². The predicted octanol–water partition coefficient (Wildman–Crippen LogP) is 2.42. The molecule has 0 aliphatic carbocycles. The highest BCUT2D eigenvalue weighted by atomic mass is 16.5. The third-order valence-corrected chi connectivity index (χ3v) is 4.83. The second kappa shape index (κ2) is 8.54. The van der Waals surface area contributed by atoms with E-state index in [0.29, 0.717) is 30.0 Å². The Morgan fingerprint density at radius 2 is 1.89 bits per heavy atom. The van der Waals surface area contributed by atoms with Crippen LogP contribution in [0.4, 0.5) is 5.69 Å². The summed E-state index contributed by atoms with van der Waals surface area (Å²) < 4.78 is 5.96. The maximum Gasteiger partial charge on any atom is 0.268 e. The van der Waals surface area contributed by atoms with Crippen molar-refractivity contribution >= 4 is 17.4 Å². The summed E-state index contributed by atoms with van der Waals surface area (Å²) in [4.78, 5) is 28.8. The highest BCUT2D eigenvalue weighted by molar-refractivity contribution is 6.03. The Balaban J connectivity index is 1.96. The maximum absolute atomic E-state index is 13.2. The van der Waals surface area contributed by atoms with Crippen molar-refractivity contribution in [3.8, 4) is 5.75 Å². The summed E-state index contributed by atoms with van der Waals surface area (Å²) in [6.07, 6.45) is 0.00670. The molecular formula is C22H26N2O4. The number of anilines is 1. The van der Waals surface area contributed by atoms with Gasteiger partial charge in [0.25, 0.3) is 5.91 Å². The van der Waals surface area contributed by atoms with Crippen molar-refractivity contribution in [1.29, 1.82) is 0 Å². The molecule has 1 N–H and O–H groups in total. The van der Waals surface area contributed by atoms with Gasteiger partial charge in [-0.05, 0) is 44.8 Å². The molecule has 0 fully saturated rings. The molecule has 0 radical (unpaired) electrons. The highest BCUT2D eigenvalue weighted by Crippen LogP contribution is 2.36. The van der Waals surface area contributed by atoms with Gasteiger partial charge in [0.05, 0.1) is 12.2 Å². The fourth-order valence-corrected chi connectivity index (χ4v) is 3.19. The van der Waals surface area contributed by atoms with Crippen molar-refractivity contribution in [3.63, 3.8) is 0 Å². The van der Waals surface area contributed by atoms with Gasteiger partial charge in [-0.1, -0.05) is 29.8 Å². The molecule has 0 spiro atoms. The maximum atomic E-state index is 13.2. The van der Waals surface area contributed by atoms with Gasteiger partial charge in [-0.2, -0.15) is 0 Å². The van der Waals surface area contributed by atoms with E-state index >= 15 is 0 Å². The molecule has 0 aromatic heterocycles. The first kappa shape index (κ1) is 20.0. The van der Waals surface area contributed by atoms with Crippen LogP contribution in [0.3, 0.4) is 0 Å². The fourth-order valence-electron chi connectivity index (χ4n) is 3.19. The van der Waals surface area contributed by atoms with Crippen LogP contribution in [0.15, 0.2) is 42.5 Å². The highest BCUT2D eigenvalue weighted by Gasteiger charge is 2.34. The Morgan fingerprint density at radius 1 is 1.18 bits per heavy atom. The van der Waals surface area contributed by atoms with Gasteiger partial charge in [0.15, 0.2) is 11.9 Å². The molecule has 6 nitrogen and oxygen atoms in total. The van der Waals surface area contributed by atoms with Crippen LogP contribution >= 0.6 is 0 Å². The summed E-state index contributed by atoms with van der Waals surface area (Å²) in [5.41, 5.74) is 3.07. The van der Waals surface area contributed by atoms with Gasteiger partial charge in [-0.3, -0.25) is 9.59 Å². The number of ketones is 1. The van der Waals surface area contributed by atoms with E-state index < -0.39 is 12.7 Å². The van der Waals surface area contributed by atoms with Crippen LogP contribution in [-0.4, -0.2) is 55.0 Å². The van der Waals surface area contributed by atoms with Gasteiger partial charge in [0.2, 0.25) is 0 Å². The number of carbonyl (C=O) groups excluding carboxylic acids is 2. The molecule has 2 aromatic carbocycles. The average molecular weight is 382 g/mol. The molecule has 1 amide bonds. The minimum atomic E-state index is -0.572. The number of amides is 1. The molecule has 0 bridgehead atoms. The number of hydrogen-bond acceptors (Lipinski definition) is 5. The molecule has 0 saturated heterocycles. The molecule has 1 unspecified atom stereocenters. The third-order valence-electron chi connectivity index (χ3n) is 4.83. The summed E-state index contributed by atoms with van der Waals surface area (Å²) in [6, 6.07) is 13.0. The number of carbonyl (C=O) groups is 2. The molecular weight excluding hydrogens is 356 g/mol. The summed E-state index contributed by atoms with van der Waals surface area (Å²) in [6.45, 7) is 2.57. The molecule has 2 aromatic rings. The van der Waals surface area contributed by atoms with E-state index in [0.717, 1.165) is 17.7 Å². The van der Waals surface area contributed by atoms with E-state index in [1.54, 1.807) is 23.1 Å². The number of rotatable bonds is 7. The Kier molecular flexibility index (Phi) is 6.11. The van der Waals surface area contributed by atoms with Gasteiger partial charge < -0.3 is 19.6 Å². The number of Topliss-reactive ketones (excluding diaryl/α,β-unsaturated/α-hetero) is 1. The van der Waals surface area contributed by atoms with Crippen molar-refractivity contribution in [2.45, 2.75) is 26.0 Å². The zero-order valence-corrected chi connectivity index (χ0v) is 16.5. The fraction of sp³-hybridized carbons (Fsp3) is 0.364. The zero-order valence-electron chi connectivity index (χ0n) is 16.5. The van der Waals surface area contributed by atoms with Crippen molar-refractivity contribution < 1.29 is 19.4 Å². The van der Waals surface area contributed by atoms with E-state index in [1.165, 1.54) is 0 Å². The molecule has 148 valence electrons. The van der Waals surface area contributed by atoms with Gasteiger partial charge in [0, 0.05) is 18.5 Å². The zero-order chi connectivity index (χ0) is 20.3. The molecule has 1 aliphatic heterocycles. The number of nitrogens with zero attached hydrogens (tertiary/aromatic N) is 2. The monoisotopic (exact) mass is 382 g/mol. The first-order valence-corrected chi connectivity index (χ1v) is 9.35. The number of aryl methyl sites for hydroxylation is 1. The summed E-state index contributed by atoms with van der Waals surface area (Å²) in [5.74, 6) is 0.0637. The first-order chi connectivity index (χ1) is 13.4. The predicted molar refractivity (Wildman–Crippen MR) is 108 cm³/mol. The van der Waals surface area contributed by atoms with E-state index in [2.05, 4.69) is 0 Å². The SMILES string of the molecule is Cc1ccc(CN2C(=O)C(CCN(C)C)Oc3ccc(C(=O)CO)cc32)cc1. The Hall–Kier alpha value is -2.70. The summed E-state index contributed by atoms with van der Waals surface area (Å²) >= 11 is 0. The first-order valence-electron chi connectivity index (χ1n) is 9.35. The van der Waals surface area contributed by atoms with Crippen molar-refractivity contribution in [2.75, 3.05) is 32.1 Å². The van der Waals surface area contributed by atoms with E-state index in [4.69, 9.17) is 9.84 Å². The standard InChI is InChI=1S/C22H26N2O4/c1-15-4-6-16(7-5-15)13-24-18-12-17(19(26)14-25)8-9-20(18)28-21(22(24)27)10-11-23(2)3/h4-9,12,21,25H,10-11,13-14H2,1-3H3. The molecule has 1 atom stereocenters. The number of ether oxygens (including phenoxy) is 1. The molecule has 3 rings (SSSR count). The van der Waals surface area contributed by atoms with Crippen LogP contribution in [-0.2, 0) is 11.3 Å². The second-order valence-electron chi connectivity index (χ2n) is 7.37. The molecule has 0 saturated carbocycles. The lowest BCUT2D eigenvalue weighted by Crippen LogP contribution is -2.46. The average Bonchev–Trinajstić information content (AvgIpc) is 2.69. The van der Waals surface area contributed by atoms with Crippen molar-refractivity contribution in [2.24, 2.45) is 0 Å². The number of fused-ring (bicyclic) bond motifs is 1. The van der Waals surface area contributed by atoms with Crippen LogP contribution < -0.4 is 9.64 Å². The summed E-state index contributed by atoms with van der Waals surface area (Å²) in [7, 11) is 3.91. The molecule has 1 heterocycles. The quantitative estimate of drug-likeness (QED) is 0.745.